The van der Waals surface area contributed by atoms with Crippen molar-refractivity contribution < 1.29 is 9.84 Å². The number of hydrogen-bond donors (Lipinski definition) is 1. The first-order chi connectivity index (χ1) is 8.90. The molecule has 2 saturated heterocycles. The minimum atomic E-state index is 0.338. The molecule has 18 heavy (non-hydrogen) atoms. The Labute approximate surface area is 111 Å². The number of nitrogens with zero attached hydrogens (tertiary/aromatic N) is 2. The summed E-state index contributed by atoms with van der Waals surface area (Å²) in [6.07, 6.45) is 6.15. The molecule has 2 rings (SSSR count). The molecule has 1 N–H and O–H groups in total. The van der Waals surface area contributed by atoms with Gasteiger partial charge in [-0.3, -0.25) is 4.90 Å². The largest absolute Gasteiger partial charge is 0.396 e. The highest BCUT2D eigenvalue weighted by molar-refractivity contribution is 4.77. The Morgan fingerprint density at radius 3 is 2.67 bits per heavy atom. The topological polar surface area (TPSA) is 35.9 Å². The second kappa shape index (κ2) is 8.10. The van der Waals surface area contributed by atoms with Crippen LogP contribution in [0.15, 0.2) is 0 Å². The molecule has 0 aromatic heterocycles. The van der Waals surface area contributed by atoms with Gasteiger partial charge in [0, 0.05) is 25.7 Å². The molecule has 106 valence electrons. The first kappa shape index (κ1) is 14.3. The molecule has 0 aromatic carbocycles. The van der Waals surface area contributed by atoms with Crippen LogP contribution in [0.5, 0.6) is 0 Å². The smallest absolute Gasteiger partial charge is 0.0594 e. The van der Waals surface area contributed by atoms with E-state index in [1.807, 2.05) is 0 Å². The molecule has 0 radical (unpaired) electrons. The van der Waals surface area contributed by atoms with Crippen molar-refractivity contribution in [2.24, 2.45) is 0 Å². The number of rotatable bonds is 6. The van der Waals surface area contributed by atoms with Crippen molar-refractivity contribution in [1.82, 2.24) is 9.80 Å². The van der Waals surface area contributed by atoms with Gasteiger partial charge in [0.15, 0.2) is 0 Å². The van der Waals surface area contributed by atoms with Gasteiger partial charge in [0.2, 0.25) is 0 Å². The van der Waals surface area contributed by atoms with E-state index in [4.69, 9.17) is 9.84 Å². The van der Waals surface area contributed by atoms with E-state index in [1.165, 1.54) is 45.3 Å². The summed E-state index contributed by atoms with van der Waals surface area (Å²) in [6.45, 7) is 7.96. The molecule has 0 saturated carbocycles. The molecule has 0 aromatic rings. The van der Waals surface area contributed by atoms with Gasteiger partial charge in [0.05, 0.1) is 13.2 Å². The normalized spacial score (nSPS) is 27.5. The van der Waals surface area contributed by atoms with E-state index >= 15 is 0 Å². The SMILES string of the molecule is OCCC1CCCCN1CCCN1CCOCC1. The quantitative estimate of drug-likeness (QED) is 0.767. The van der Waals surface area contributed by atoms with Gasteiger partial charge in [0.1, 0.15) is 0 Å². The lowest BCUT2D eigenvalue weighted by Gasteiger charge is -2.36. The highest BCUT2D eigenvalue weighted by Crippen LogP contribution is 2.19. The van der Waals surface area contributed by atoms with Crippen LogP contribution in [0.4, 0.5) is 0 Å². The van der Waals surface area contributed by atoms with Crippen molar-refractivity contribution in [3.63, 3.8) is 0 Å². The van der Waals surface area contributed by atoms with Gasteiger partial charge in [-0.25, -0.2) is 0 Å². The van der Waals surface area contributed by atoms with E-state index in [9.17, 15) is 0 Å². The van der Waals surface area contributed by atoms with Crippen LogP contribution in [0, 0.1) is 0 Å². The zero-order valence-electron chi connectivity index (χ0n) is 11.5. The fourth-order valence-corrected chi connectivity index (χ4v) is 3.15. The molecule has 0 spiro atoms. The molecule has 2 aliphatic rings. The van der Waals surface area contributed by atoms with Crippen LogP contribution in [0.3, 0.4) is 0 Å². The number of piperidine rings is 1. The molecule has 0 bridgehead atoms. The lowest BCUT2D eigenvalue weighted by Crippen LogP contribution is -2.42. The molecule has 1 unspecified atom stereocenters. The summed E-state index contributed by atoms with van der Waals surface area (Å²) in [4.78, 5) is 5.11. The molecule has 0 aliphatic carbocycles. The zero-order chi connectivity index (χ0) is 12.6. The summed E-state index contributed by atoms with van der Waals surface area (Å²) >= 11 is 0. The van der Waals surface area contributed by atoms with Crippen molar-refractivity contribution in [3.8, 4) is 0 Å². The summed E-state index contributed by atoms with van der Waals surface area (Å²) in [5, 5.41) is 9.12. The van der Waals surface area contributed by atoms with E-state index < -0.39 is 0 Å². The van der Waals surface area contributed by atoms with Crippen LogP contribution in [0.2, 0.25) is 0 Å². The molecule has 2 aliphatic heterocycles. The van der Waals surface area contributed by atoms with Crippen LogP contribution in [-0.2, 0) is 4.74 Å². The number of aliphatic hydroxyl groups is 1. The molecule has 0 amide bonds. The highest BCUT2D eigenvalue weighted by Gasteiger charge is 2.21. The Morgan fingerprint density at radius 2 is 1.89 bits per heavy atom. The van der Waals surface area contributed by atoms with Gasteiger partial charge < -0.3 is 14.7 Å². The van der Waals surface area contributed by atoms with Gasteiger partial charge >= 0.3 is 0 Å². The third-order valence-corrected chi connectivity index (χ3v) is 4.23. The Balaban J connectivity index is 1.64. The molecule has 4 nitrogen and oxygen atoms in total. The molecule has 2 heterocycles. The lowest BCUT2D eigenvalue weighted by atomic mass is 9.99. The van der Waals surface area contributed by atoms with E-state index in [-0.39, 0.29) is 0 Å². The predicted molar refractivity (Wildman–Crippen MR) is 72.8 cm³/mol. The Kier molecular flexibility index (Phi) is 6.41. The number of aliphatic hydroxyl groups excluding tert-OH is 1. The fraction of sp³-hybridized carbons (Fsp3) is 1.00. The molecule has 1 atom stereocenters. The Bertz CT molecular complexity index is 218. The van der Waals surface area contributed by atoms with Crippen LogP contribution in [-0.4, -0.2) is 73.5 Å². The van der Waals surface area contributed by atoms with E-state index in [1.54, 1.807) is 0 Å². The van der Waals surface area contributed by atoms with Crippen molar-refractivity contribution >= 4 is 0 Å². The monoisotopic (exact) mass is 256 g/mol. The molecular weight excluding hydrogens is 228 g/mol. The number of hydrogen-bond acceptors (Lipinski definition) is 4. The van der Waals surface area contributed by atoms with Crippen LogP contribution >= 0.6 is 0 Å². The Hall–Kier alpha value is -0.160. The second-order valence-corrected chi connectivity index (χ2v) is 5.51. The van der Waals surface area contributed by atoms with E-state index in [0.717, 1.165) is 32.7 Å². The molecular formula is C14H28N2O2. The zero-order valence-corrected chi connectivity index (χ0v) is 11.5. The van der Waals surface area contributed by atoms with Gasteiger partial charge in [0.25, 0.3) is 0 Å². The molecule has 2 fully saturated rings. The summed E-state index contributed by atoms with van der Waals surface area (Å²) < 4.78 is 5.37. The minimum Gasteiger partial charge on any atom is -0.396 e. The first-order valence-electron chi connectivity index (χ1n) is 7.55. The van der Waals surface area contributed by atoms with Gasteiger partial charge in [-0.15, -0.1) is 0 Å². The van der Waals surface area contributed by atoms with E-state index in [0.29, 0.717) is 12.6 Å². The van der Waals surface area contributed by atoms with Gasteiger partial charge in [-0.05, 0) is 45.3 Å². The maximum Gasteiger partial charge on any atom is 0.0594 e. The maximum absolute atomic E-state index is 9.12. The average Bonchev–Trinajstić information content (AvgIpc) is 2.42. The predicted octanol–water partition coefficient (Wildman–Crippen LogP) is 0.946. The van der Waals surface area contributed by atoms with Crippen molar-refractivity contribution in [2.75, 3.05) is 52.5 Å². The van der Waals surface area contributed by atoms with Crippen molar-refractivity contribution in [1.29, 1.82) is 0 Å². The first-order valence-corrected chi connectivity index (χ1v) is 7.55. The lowest BCUT2D eigenvalue weighted by molar-refractivity contribution is 0.0340. The third-order valence-electron chi connectivity index (χ3n) is 4.23. The van der Waals surface area contributed by atoms with Crippen LogP contribution in [0.25, 0.3) is 0 Å². The van der Waals surface area contributed by atoms with Crippen molar-refractivity contribution in [3.05, 3.63) is 0 Å². The standard InChI is InChI=1S/C14H28N2O2/c17-11-5-14-4-1-2-7-16(14)8-3-6-15-9-12-18-13-10-15/h14,17H,1-13H2. The number of likely N-dealkylation sites (tertiary alicyclic amines) is 1. The van der Waals surface area contributed by atoms with Crippen molar-refractivity contribution in [2.45, 2.75) is 38.1 Å². The fourth-order valence-electron chi connectivity index (χ4n) is 3.15. The summed E-state index contributed by atoms with van der Waals surface area (Å²) in [7, 11) is 0. The number of ether oxygens (including phenoxy) is 1. The van der Waals surface area contributed by atoms with Crippen LogP contribution in [0.1, 0.15) is 32.1 Å². The van der Waals surface area contributed by atoms with E-state index in [2.05, 4.69) is 9.80 Å². The second-order valence-electron chi connectivity index (χ2n) is 5.51. The third kappa shape index (κ3) is 4.50. The summed E-state index contributed by atoms with van der Waals surface area (Å²) in [5.74, 6) is 0. The summed E-state index contributed by atoms with van der Waals surface area (Å²) in [6, 6.07) is 0.633. The Morgan fingerprint density at radius 1 is 1.06 bits per heavy atom. The van der Waals surface area contributed by atoms with Gasteiger partial charge in [-0.1, -0.05) is 6.42 Å². The molecule has 4 heteroatoms. The average molecular weight is 256 g/mol. The van der Waals surface area contributed by atoms with Gasteiger partial charge in [-0.2, -0.15) is 0 Å². The maximum atomic E-state index is 9.12. The van der Waals surface area contributed by atoms with Crippen LogP contribution < -0.4 is 0 Å². The highest BCUT2D eigenvalue weighted by atomic mass is 16.5. The minimum absolute atomic E-state index is 0.338. The number of morpholine rings is 1. The summed E-state index contributed by atoms with van der Waals surface area (Å²) in [5.41, 5.74) is 0.